The maximum absolute atomic E-state index is 14.2. The van der Waals surface area contributed by atoms with E-state index in [4.69, 9.17) is 4.74 Å². The summed E-state index contributed by atoms with van der Waals surface area (Å²) in [6.07, 6.45) is 3.02. The monoisotopic (exact) mass is 570 g/mol. The van der Waals surface area contributed by atoms with E-state index in [1.807, 2.05) is 13.8 Å². The van der Waals surface area contributed by atoms with Gasteiger partial charge in [0.1, 0.15) is 29.5 Å². The van der Waals surface area contributed by atoms with Crippen molar-refractivity contribution in [3.63, 3.8) is 0 Å². The Morgan fingerprint density at radius 3 is 2.44 bits per heavy atom. The smallest absolute Gasteiger partial charge is 0.242 e. The second kappa shape index (κ2) is 13.2. The van der Waals surface area contributed by atoms with Gasteiger partial charge in [0.2, 0.25) is 27.7 Å². The first kappa shape index (κ1) is 30.4. The Labute approximate surface area is 226 Å². The third kappa shape index (κ3) is 8.15. The summed E-state index contributed by atoms with van der Waals surface area (Å²) in [6.45, 7) is 3.88. The summed E-state index contributed by atoms with van der Waals surface area (Å²) >= 11 is 0. The van der Waals surface area contributed by atoms with Crippen LogP contribution in [0.25, 0.3) is 0 Å². The second-order valence-corrected chi connectivity index (χ2v) is 11.8. The van der Waals surface area contributed by atoms with E-state index in [-0.39, 0.29) is 25.4 Å². The van der Waals surface area contributed by atoms with Gasteiger partial charge in [0, 0.05) is 43.0 Å². The van der Waals surface area contributed by atoms with Crippen molar-refractivity contribution >= 4 is 21.8 Å². The van der Waals surface area contributed by atoms with Gasteiger partial charge in [-0.1, -0.05) is 26.3 Å². The van der Waals surface area contributed by atoms with Crippen molar-refractivity contribution in [3.8, 4) is 5.88 Å². The largest absolute Gasteiger partial charge is 0.481 e. The molecule has 1 aromatic carbocycles. The van der Waals surface area contributed by atoms with Gasteiger partial charge in [-0.25, -0.2) is 26.6 Å². The Kier molecular flexibility index (Phi) is 10.3. The predicted octanol–water partition coefficient (Wildman–Crippen LogP) is 3.04. The summed E-state index contributed by atoms with van der Waals surface area (Å²) in [6, 6.07) is 2.10. The van der Waals surface area contributed by atoms with Crippen LogP contribution >= 0.6 is 0 Å². The van der Waals surface area contributed by atoms with Crippen LogP contribution in [0.5, 0.6) is 5.88 Å². The molecule has 1 aliphatic heterocycles. The number of pyridine rings is 1. The number of amides is 2. The normalized spacial score (nSPS) is 17.1. The van der Waals surface area contributed by atoms with E-state index in [2.05, 4.69) is 15.6 Å². The lowest BCUT2D eigenvalue weighted by Crippen LogP contribution is -2.56. The fourth-order valence-electron chi connectivity index (χ4n) is 4.39. The molecule has 1 aliphatic rings. The molecular formula is C26H33F3N4O5S. The Morgan fingerprint density at radius 2 is 1.85 bits per heavy atom. The standard InChI is InChI=1S/C26H33F3N4O5S/c1-16(2)10-22(25(34)31-14-17-7-8-24(38-3)30-13-17)32-26(35)23-6-4-5-9-33(23)39(36,37)15-19-20(28)11-18(27)12-21(19)29/h7-8,11-13,16,22-23H,4-6,9-10,14-15H2,1-3H3,(H,31,34)(H,32,35)/t22-,23-/m0/s1. The zero-order valence-electron chi connectivity index (χ0n) is 22.0. The third-order valence-electron chi connectivity index (χ3n) is 6.36. The minimum absolute atomic E-state index is 0.0271. The highest BCUT2D eigenvalue weighted by Gasteiger charge is 2.39. The highest BCUT2D eigenvalue weighted by atomic mass is 32.2. The number of carbonyl (C=O) groups excluding carboxylic acids is 2. The van der Waals surface area contributed by atoms with E-state index in [0.29, 0.717) is 42.8 Å². The van der Waals surface area contributed by atoms with Crippen LogP contribution in [-0.4, -0.2) is 55.3 Å². The number of piperidine rings is 1. The van der Waals surface area contributed by atoms with Gasteiger partial charge >= 0.3 is 0 Å². The molecule has 2 N–H and O–H groups in total. The van der Waals surface area contributed by atoms with Gasteiger partial charge in [-0.05, 0) is 30.7 Å². The Morgan fingerprint density at radius 1 is 1.15 bits per heavy atom. The first-order chi connectivity index (χ1) is 18.4. The molecule has 2 heterocycles. The van der Waals surface area contributed by atoms with Gasteiger partial charge in [-0.15, -0.1) is 0 Å². The highest BCUT2D eigenvalue weighted by molar-refractivity contribution is 7.88. The van der Waals surface area contributed by atoms with Gasteiger partial charge < -0.3 is 15.4 Å². The van der Waals surface area contributed by atoms with Crippen molar-refractivity contribution in [1.29, 1.82) is 0 Å². The number of carbonyl (C=O) groups is 2. The summed E-state index contributed by atoms with van der Waals surface area (Å²) in [5, 5.41) is 5.44. The van der Waals surface area contributed by atoms with E-state index in [1.165, 1.54) is 7.11 Å². The number of hydrogen-bond donors (Lipinski definition) is 2. The van der Waals surface area contributed by atoms with Crippen molar-refractivity contribution < 1.29 is 35.9 Å². The quantitative estimate of drug-likeness (QED) is 0.429. The Hall–Kier alpha value is -3.19. The number of aromatic nitrogens is 1. The molecule has 0 saturated carbocycles. The Bertz CT molecular complexity index is 1250. The number of benzene rings is 1. The first-order valence-corrected chi connectivity index (χ1v) is 14.2. The molecule has 0 radical (unpaired) electrons. The van der Waals surface area contributed by atoms with Crippen molar-refractivity contribution in [2.75, 3.05) is 13.7 Å². The van der Waals surface area contributed by atoms with Crippen molar-refractivity contribution in [1.82, 2.24) is 19.9 Å². The molecule has 3 rings (SSSR count). The summed E-state index contributed by atoms with van der Waals surface area (Å²) in [5.41, 5.74) is -0.0882. The van der Waals surface area contributed by atoms with Crippen LogP contribution < -0.4 is 15.4 Å². The number of ether oxygens (including phenoxy) is 1. The number of nitrogens with one attached hydrogen (secondary N) is 2. The number of methoxy groups -OCH3 is 1. The Balaban J connectivity index is 1.73. The maximum atomic E-state index is 14.2. The van der Waals surface area contributed by atoms with Crippen LogP contribution in [0.3, 0.4) is 0 Å². The SMILES string of the molecule is COc1ccc(CNC(=O)[C@H](CC(C)C)NC(=O)[C@@H]2CCCCN2S(=O)(=O)Cc2c(F)cc(F)cc2F)cn1. The molecular weight excluding hydrogens is 537 g/mol. The fourth-order valence-corrected chi connectivity index (χ4v) is 6.20. The lowest BCUT2D eigenvalue weighted by Gasteiger charge is -2.34. The molecule has 1 fully saturated rings. The zero-order chi connectivity index (χ0) is 28.7. The molecule has 9 nitrogen and oxygen atoms in total. The third-order valence-corrected chi connectivity index (χ3v) is 8.16. The molecule has 1 aromatic heterocycles. The van der Waals surface area contributed by atoms with Gasteiger partial charge in [0.05, 0.1) is 12.9 Å². The van der Waals surface area contributed by atoms with Crippen molar-refractivity contribution in [2.24, 2.45) is 5.92 Å². The molecule has 2 amide bonds. The molecule has 0 aliphatic carbocycles. The highest BCUT2D eigenvalue weighted by Crippen LogP contribution is 2.26. The van der Waals surface area contributed by atoms with Crippen LogP contribution in [-0.2, 0) is 31.9 Å². The molecule has 13 heteroatoms. The van der Waals surface area contributed by atoms with E-state index in [0.717, 1.165) is 4.31 Å². The van der Waals surface area contributed by atoms with Gasteiger partial charge in [-0.2, -0.15) is 4.31 Å². The van der Waals surface area contributed by atoms with Crippen molar-refractivity contribution in [3.05, 3.63) is 59.0 Å². The topological polar surface area (TPSA) is 118 Å². The number of hydrogen-bond acceptors (Lipinski definition) is 6. The van der Waals surface area contributed by atoms with E-state index in [1.54, 1.807) is 18.3 Å². The number of halogens is 3. The number of nitrogens with zero attached hydrogens (tertiary/aromatic N) is 2. The first-order valence-electron chi connectivity index (χ1n) is 12.6. The van der Waals surface area contributed by atoms with Gasteiger partial charge in [0.25, 0.3) is 0 Å². The van der Waals surface area contributed by atoms with Gasteiger partial charge in [0.15, 0.2) is 0 Å². The molecule has 0 spiro atoms. The van der Waals surface area contributed by atoms with E-state index < -0.39 is 62.7 Å². The summed E-state index contributed by atoms with van der Waals surface area (Å²) in [7, 11) is -2.88. The number of rotatable bonds is 11. The lowest BCUT2D eigenvalue weighted by atomic mass is 10.0. The van der Waals surface area contributed by atoms with Crippen LogP contribution in [0.1, 0.15) is 50.7 Å². The molecule has 0 unspecified atom stereocenters. The van der Waals surface area contributed by atoms with Crippen LogP contribution in [0, 0.1) is 23.4 Å². The molecule has 2 aromatic rings. The average molecular weight is 571 g/mol. The average Bonchev–Trinajstić information content (AvgIpc) is 2.89. The van der Waals surface area contributed by atoms with Crippen LogP contribution in [0.4, 0.5) is 13.2 Å². The maximum Gasteiger partial charge on any atom is 0.242 e. The predicted molar refractivity (Wildman–Crippen MR) is 137 cm³/mol. The van der Waals surface area contributed by atoms with Gasteiger partial charge in [-0.3, -0.25) is 9.59 Å². The summed E-state index contributed by atoms with van der Waals surface area (Å²) < 4.78 is 74.0. The minimum Gasteiger partial charge on any atom is -0.481 e. The zero-order valence-corrected chi connectivity index (χ0v) is 22.9. The fraction of sp³-hybridized carbons (Fsp3) is 0.500. The second-order valence-electron chi connectivity index (χ2n) is 9.84. The molecule has 1 saturated heterocycles. The molecule has 39 heavy (non-hydrogen) atoms. The number of sulfonamides is 1. The summed E-state index contributed by atoms with van der Waals surface area (Å²) in [5.74, 6) is -5.56. The van der Waals surface area contributed by atoms with E-state index in [9.17, 15) is 31.2 Å². The minimum atomic E-state index is -4.37. The summed E-state index contributed by atoms with van der Waals surface area (Å²) in [4.78, 5) is 30.4. The van der Waals surface area contributed by atoms with E-state index >= 15 is 0 Å². The lowest BCUT2D eigenvalue weighted by molar-refractivity contribution is -0.132. The van der Waals surface area contributed by atoms with Crippen molar-refractivity contribution in [2.45, 2.75) is 63.9 Å². The molecule has 214 valence electrons. The molecule has 2 atom stereocenters. The van der Waals surface area contributed by atoms with Crippen LogP contribution in [0.15, 0.2) is 30.5 Å². The van der Waals surface area contributed by atoms with Crippen LogP contribution in [0.2, 0.25) is 0 Å². The molecule has 0 bridgehead atoms.